The molecule has 0 aliphatic rings. The van der Waals surface area contributed by atoms with Crippen molar-refractivity contribution in [3.05, 3.63) is 16.6 Å². The van der Waals surface area contributed by atoms with Gasteiger partial charge in [0, 0.05) is 17.8 Å². The van der Waals surface area contributed by atoms with Gasteiger partial charge in [0.25, 0.3) is 0 Å². The van der Waals surface area contributed by atoms with Crippen LogP contribution < -0.4 is 0 Å². The average Bonchev–Trinajstić information content (AvgIpc) is 2.12. The Kier molecular flexibility index (Phi) is 2.05. The van der Waals surface area contributed by atoms with E-state index in [1.807, 2.05) is 0 Å². The lowest BCUT2D eigenvalue weighted by atomic mass is 10.8. The molecule has 0 saturated heterocycles. The summed E-state index contributed by atoms with van der Waals surface area (Å²) < 4.78 is 21.3. The predicted octanol–water partition coefficient (Wildman–Crippen LogP) is 0.688. The van der Waals surface area contributed by atoms with Crippen LogP contribution in [0.1, 0.15) is 5.01 Å². The molecule has 0 spiro atoms. The molecule has 1 aromatic heterocycles. The van der Waals surface area contributed by atoms with Crippen molar-refractivity contribution in [1.82, 2.24) is 4.98 Å². The lowest BCUT2D eigenvalue weighted by Crippen LogP contribution is -1.99. The molecule has 0 radical (unpaired) electrons. The second-order valence-electron chi connectivity index (χ2n) is 2.00. The van der Waals surface area contributed by atoms with E-state index < -0.39 is 9.84 Å². The zero-order chi connectivity index (χ0) is 7.61. The van der Waals surface area contributed by atoms with Crippen molar-refractivity contribution in [1.29, 1.82) is 0 Å². The molecule has 0 N–H and O–H groups in total. The normalized spacial score (nSPS) is 11.7. The van der Waals surface area contributed by atoms with Gasteiger partial charge in [0.1, 0.15) is 10.8 Å². The van der Waals surface area contributed by atoms with Crippen LogP contribution in [0.4, 0.5) is 0 Å². The van der Waals surface area contributed by atoms with E-state index >= 15 is 0 Å². The van der Waals surface area contributed by atoms with Gasteiger partial charge in [-0.15, -0.1) is 11.3 Å². The van der Waals surface area contributed by atoms with E-state index in [1.165, 1.54) is 17.6 Å². The van der Waals surface area contributed by atoms with Gasteiger partial charge in [-0.3, -0.25) is 0 Å². The molecule has 0 aliphatic carbocycles. The molecule has 1 aromatic rings. The fourth-order valence-corrected chi connectivity index (χ4v) is 2.39. The van der Waals surface area contributed by atoms with Crippen molar-refractivity contribution in [2.24, 2.45) is 0 Å². The van der Waals surface area contributed by atoms with Crippen molar-refractivity contribution >= 4 is 21.2 Å². The maximum Gasteiger partial charge on any atom is 0.153 e. The molecule has 0 saturated carbocycles. The van der Waals surface area contributed by atoms with Crippen molar-refractivity contribution < 1.29 is 8.42 Å². The lowest BCUT2D eigenvalue weighted by molar-refractivity contribution is 0.601. The van der Waals surface area contributed by atoms with E-state index in [9.17, 15) is 8.42 Å². The van der Waals surface area contributed by atoms with Crippen molar-refractivity contribution in [2.75, 3.05) is 6.26 Å². The number of rotatable bonds is 2. The number of nitrogens with zero attached hydrogens (tertiary/aromatic N) is 1. The molecule has 0 atom stereocenters. The highest BCUT2D eigenvalue weighted by Gasteiger charge is 2.04. The minimum Gasteiger partial charge on any atom is -0.249 e. The maximum absolute atomic E-state index is 10.7. The van der Waals surface area contributed by atoms with Crippen LogP contribution in [-0.2, 0) is 15.6 Å². The van der Waals surface area contributed by atoms with E-state index in [0.717, 1.165) is 0 Å². The molecule has 0 aliphatic heterocycles. The Morgan fingerprint density at radius 1 is 1.70 bits per heavy atom. The van der Waals surface area contributed by atoms with Crippen LogP contribution >= 0.6 is 11.3 Å². The molecular weight excluding hydrogens is 170 g/mol. The van der Waals surface area contributed by atoms with Crippen LogP contribution in [-0.4, -0.2) is 19.7 Å². The van der Waals surface area contributed by atoms with Gasteiger partial charge in [0.15, 0.2) is 9.84 Å². The SMILES string of the molecule is CS(=O)(=O)Cc1nccs1. The first-order chi connectivity index (χ1) is 4.58. The van der Waals surface area contributed by atoms with Crippen LogP contribution in [0.2, 0.25) is 0 Å². The molecule has 10 heavy (non-hydrogen) atoms. The van der Waals surface area contributed by atoms with E-state index in [4.69, 9.17) is 0 Å². The first kappa shape index (κ1) is 7.68. The molecule has 5 heteroatoms. The van der Waals surface area contributed by atoms with Gasteiger partial charge in [-0.05, 0) is 0 Å². The topological polar surface area (TPSA) is 47.0 Å². The molecule has 1 heterocycles. The second-order valence-corrected chi connectivity index (χ2v) is 5.12. The summed E-state index contributed by atoms with van der Waals surface area (Å²) >= 11 is 1.36. The van der Waals surface area contributed by atoms with Gasteiger partial charge in [-0.1, -0.05) is 0 Å². The maximum atomic E-state index is 10.7. The Hall–Kier alpha value is -0.420. The predicted molar refractivity (Wildman–Crippen MR) is 40.7 cm³/mol. The van der Waals surface area contributed by atoms with Gasteiger partial charge < -0.3 is 0 Å². The molecule has 1 rings (SSSR count). The van der Waals surface area contributed by atoms with Crippen molar-refractivity contribution in [3.63, 3.8) is 0 Å². The van der Waals surface area contributed by atoms with Gasteiger partial charge in [-0.2, -0.15) is 0 Å². The molecule has 0 aromatic carbocycles. The molecule has 0 bridgehead atoms. The summed E-state index contributed by atoms with van der Waals surface area (Å²) in [5, 5.41) is 2.42. The molecular formula is C5H7NO2S2. The lowest BCUT2D eigenvalue weighted by Gasteiger charge is -1.89. The van der Waals surface area contributed by atoms with Crippen LogP contribution in [0.3, 0.4) is 0 Å². The summed E-state index contributed by atoms with van der Waals surface area (Å²) in [7, 11) is -2.90. The third kappa shape index (κ3) is 2.45. The molecule has 3 nitrogen and oxygen atoms in total. The second kappa shape index (κ2) is 2.67. The number of sulfone groups is 1. The van der Waals surface area contributed by atoms with Crippen LogP contribution in [0, 0.1) is 0 Å². The van der Waals surface area contributed by atoms with E-state index in [0.29, 0.717) is 5.01 Å². The van der Waals surface area contributed by atoms with Crippen LogP contribution in [0.25, 0.3) is 0 Å². The molecule has 0 fully saturated rings. The Bertz CT molecular complexity index is 287. The van der Waals surface area contributed by atoms with E-state index in [1.54, 1.807) is 11.6 Å². The fraction of sp³-hybridized carbons (Fsp3) is 0.400. The van der Waals surface area contributed by atoms with Crippen molar-refractivity contribution in [2.45, 2.75) is 5.75 Å². The van der Waals surface area contributed by atoms with E-state index in [2.05, 4.69) is 4.98 Å². The number of thiazole rings is 1. The van der Waals surface area contributed by atoms with Crippen molar-refractivity contribution in [3.8, 4) is 0 Å². The summed E-state index contributed by atoms with van der Waals surface area (Å²) in [6.07, 6.45) is 2.81. The first-order valence-electron chi connectivity index (χ1n) is 2.64. The number of hydrogen-bond acceptors (Lipinski definition) is 4. The number of hydrogen-bond donors (Lipinski definition) is 0. The molecule has 0 unspecified atom stereocenters. The van der Waals surface area contributed by atoms with Gasteiger partial charge in [0.05, 0.1) is 0 Å². The summed E-state index contributed by atoms with van der Waals surface area (Å²) in [6.45, 7) is 0. The first-order valence-corrected chi connectivity index (χ1v) is 5.58. The zero-order valence-corrected chi connectivity index (χ0v) is 7.08. The fourth-order valence-electron chi connectivity index (χ4n) is 0.549. The molecule has 0 amide bonds. The third-order valence-electron chi connectivity index (χ3n) is 0.869. The minimum atomic E-state index is -2.90. The highest BCUT2D eigenvalue weighted by atomic mass is 32.2. The zero-order valence-electron chi connectivity index (χ0n) is 5.44. The Balaban J connectivity index is 2.75. The van der Waals surface area contributed by atoms with Crippen LogP contribution in [0.5, 0.6) is 0 Å². The standard InChI is InChI=1S/C5H7NO2S2/c1-10(7,8)4-5-6-2-3-9-5/h2-3H,4H2,1H3. The third-order valence-corrected chi connectivity index (χ3v) is 2.63. The highest BCUT2D eigenvalue weighted by Crippen LogP contribution is 2.07. The summed E-state index contributed by atoms with van der Waals surface area (Å²) in [5.41, 5.74) is 0. The monoisotopic (exact) mass is 177 g/mol. The average molecular weight is 177 g/mol. The van der Waals surface area contributed by atoms with Gasteiger partial charge in [-0.25, -0.2) is 13.4 Å². The summed E-state index contributed by atoms with van der Waals surface area (Å²) in [4.78, 5) is 3.84. The Labute approximate surface area is 63.6 Å². The smallest absolute Gasteiger partial charge is 0.153 e. The summed E-state index contributed by atoms with van der Waals surface area (Å²) in [5.74, 6) is 0.0602. The summed E-state index contributed by atoms with van der Waals surface area (Å²) in [6, 6.07) is 0. The Morgan fingerprint density at radius 3 is 2.80 bits per heavy atom. The Morgan fingerprint density at radius 2 is 2.40 bits per heavy atom. The van der Waals surface area contributed by atoms with E-state index in [-0.39, 0.29) is 5.75 Å². The number of aromatic nitrogens is 1. The molecule has 56 valence electrons. The highest BCUT2D eigenvalue weighted by molar-refractivity contribution is 7.90. The largest absolute Gasteiger partial charge is 0.249 e. The quantitative estimate of drug-likeness (QED) is 0.667. The van der Waals surface area contributed by atoms with Gasteiger partial charge in [0.2, 0.25) is 0 Å². The van der Waals surface area contributed by atoms with Crippen LogP contribution in [0.15, 0.2) is 11.6 Å². The minimum absolute atomic E-state index is 0.0602. The van der Waals surface area contributed by atoms with Gasteiger partial charge >= 0.3 is 0 Å².